The quantitative estimate of drug-likeness (QED) is 0.868. The average molecular weight is 254 g/mol. The fraction of sp³-hybridized carbons (Fsp3) is 0.462. The van der Waals surface area contributed by atoms with Gasteiger partial charge in [0.2, 0.25) is 0 Å². The molecule has 0 spiro atoms. The number of benzene rings is 1. The molecule has 1 amide bonds. The summed E-state index contributed by atoms with van der Waals surface area (Å²) >= 11 is 5.92. The zero-order chi connectivity index (χ0) is 12.5. The monoisotopic (exact) mass is 253 g/mol. The summed E-state index contributed by atoms with van der Waals surface area (Å²) in [6.45, 7) is 1.89. The van der Waals surface area contributed by atoms with Crippen LogP contribution in [0.5, 0.6) is 0 Å². The molecule has 1 aromatic rings. The Balaban J connectivity index is 2.14. The number of aryl methyl sites for hydroxylation is 1. The van der Waals surface area contributed by atoms with E-state index in [1.807, 2.05) is 13.0 Å². The summed E-state index contributed by atoms with van der Waals surface area (Å²) in [6.07, 6.45) is 2.74. The van der Waals surface area contributed by atoms with Gasteiger partial charge in [-0.2, -0.15) is 0 Å². The van der Waals surface area contributed by atoms with Crippen molar-refractivity contribution >= 4 is 17.5 Å². The smallest absolute Gasteiger partial charge is 0.251 e. The van der Waals surface area contributed by atoms with Crippen molar-refractivity contribution in [3.63, 3.8) is 0 Å². The van der Waals surface area contributed by atoms with E-state index >= 15 is 0 Å². The molecule has 1 aliphatic carbocycles. The van der Waals surface area contributed by atoms with Crippen LogP contribution in [0.25, 0.3) is 0 Å². The van der Waals surface area contributed by atoms with Gasteiger partial charge in [-0.05, 0) is 49.9 Å². The molecule has 1 saturated carbocycles. The molecule has 0 radical (unpaired) electrons. The van der Waals surface area contributed by atoms with Crippen molar-refractivity contribution in [3.05, 3.63) is 34.3 Å². The van der Waals surface area contributed by atoms with E-state index in [0.717, 1.165) is 24.8 Å². The highest BCUT2D eigenvalue weighted by Gasteiger charge is 2.37. The lowest BCUT2D eigenvalue weighted by Gasteiger charge is -2.41. The van der Waals surface area contributed by atoms with Crippen molar-refractivity contribution < 1.29 is 9.90 Å². The number of aliphatic hydroxyl groups excluding tert-OH is 1. The van der Waals surface area contributed by atoms with Crippen LogP contribution in [0.2, 0.25) is 5.02 Å². The molecule has 2 rings (SSSR count). The molecule has 1 fully saturated rings. The van der Waals surface area contributed by atoms with Crippen LogP contribution in [-0.4, -0.2) is 23.2 Å². The Kier molecular flexibility index (Phi) is 3.40. The van der Waals surface area contributed by atoms with Gasteiger partial charge in [0, 0.05) is 10.6 Å². The second kappa shape index (κ2) is 4.67. The normalized spacial score (nSPS) is 17.4. The Morgan fingerprint density at radius 1 is 1.47 bits per heavy atom. The van der Waals surface area contributed by atoms with Gasteiger partial charge >= 0.3 is 0 Å². The van der Waals surface area contributed by atoms with Gasteiger partial charge in [-0.1, -0.05) is 11.6 Å². The zero-order valence-corrected chi connectivity index (χ0v) is 10.5. The number of rotatable bonds is 3. The average Bonchev–Trinajstić information content (AvgIpc) is 2.21. The number of hydrogen-bond acceptors (Lipinski definition) is 2. The molecule has 0 saturated heterocycles. The summed E-state index contributed by atoms with van der Waals surface area (Å²) in [7, 11) is 0. The fourth-order valence-electron chi connectivity index (χ4n) is 2.11. The SMILES string of the molecule is Cc1cc(Cl)cc(C(=O)NC2(CO)CCC2)c1. The highest BCUT2D eigenvalue weighted by Crippen LogP contribution is 2.31. The second-order valence-electron chi connectivity index (χ2n) is 4.76. The minimum atomic E-state index is -0.409. The summed E-state index contributed by atoms with van der Waals surface area (Å²) < 4.78 is 0. The van der Waals surface area contributed by atoms with E-state index in [1.54, 1.807) is 12.1 Å². The first-order valence-corrected chi connectivity index (χ1v) is 6.13. The molecule has 92 valence electrons. The van der Waals surface area contributed by atoms with Crippen molar-refractivity contribution in [2.75, 3.05) is 6.61 Å². The minimum Gasteiger partial charge on any atom is -0.394 e. The summed E-state index contributed by atoms with van der Waals surface area (Å²) in [4.78, 5) is 12.0. The predicted molar refractivity (Wildman–Crippen MR) is 67.3 cm³/mol. The third-order valence-corrected chi connectivity index (χ3v) is 3.51. The van der Waals surface area contributed by atoms with Crippen LogP contribution >= 0.6 is 11.6 Å². The van der Waals surface area contributed by atoms with Crippen molar-refractivity contribution in [2.24, 2.45) is 0 Å². The van der Waals surface area contributed by atoms with Gasteiger partial charge < -0.3 is 10.4 Å². The number of aliphatic hydroxyl groups is 1. The fourth-order valence-corrected chi connectivity index (χ4v) is 2.40. The number of halogens is 1. The molecule has 1 aliphatic rings. The summed E-state index contributed by atoms with van der Waals surface area (Å²) in [6, 6.07) is 5.25. The first-order chi connectivity index (χ1) is 8.04. The van der Waals surface area contributed by atoms with Crippen molar-refractivity contribution in [2.45, 2.75) is 31.7 Å². The molecular formula is C13H16ClNO2. The van der Waals surface area contributed by atoms with Crippen LogP contribution in [0.3, 0.4) is 0 Å². The van der Waals surface area contributed by atoms with Crippen LogP contribution in [-0.2, 0) is 0 Å². The number of hydrogen-bond donors (Lipinski definition) is 2. The van der Waals surface area contributed by atoms with E-state index in [0.29, 0.717) is 10.6 Å². The third-order valence-electron chi connectivity index (χ3n) is 3.30. The topological polar surface area (TPSA) is 49.3 Å². The molecule has 3 nitrogen and oxygen atoms in total. The summed E-state index contributed by atoms with van der Waals surface area (Å²) in [5, 5.41) is 12.8. The van der Waals surface area contributed by atoms with Gasteiger partial charge in [0.1, 0.15) is 0 Å². The van der Waals surface area contributed by atoms with E-state index < -0.39 is 5.54 Å². The molecule has 0 atom stereocenters. The second-order valence-corrected chi connectivity index (χ2v) is 5.20. The molecule has 1 aromatic carbocycles. The molecular weight excluding hydrogens is 238 g/mol. The van der Waals surface area contributed by atoms with E-state index in [4.69, 9.17) is 11.6 Å². The first kappa shape index (κ1) is 12.4. The standard InChI is InChI=1S/C13H16ClNO2/c1-9-5-10(7-11(14)6-9)12(17)15-13(8-16)3-2-4-13/h5-7,16H,2-4,8H2,1H3,(H,15,17). The van der Waals surface area contributed by atoms with E-state index in [2.05, 4.69) is 5.32 Å². The number of carbonyl (C=O) groups is 1. The highest BCUT2D eigenvalue weighted by atomic mass is 35.5. The molecule has 0 aromatic heterocycles. The number of carbonyl (C=O) groups excluding carboxylic acids is 1. The van der Waals surface area contributed by atoms with Crippen molar-refractivity contribution in [1.82, 2.24) is 5.32 Å². The Hall–Kier alpha value is -1.06. The van der Waals surface area contributed by atoms with Crippen LogP contribution in [0.4, 0.5) is 0 Å². The largest absolute Gasteiger partial charge is 0.394 e. The summed E-state index contributed by atoms with van der Waals surface area (Å²) in [5.41, 5.74) is 1.09. The first-order valence-electron chi connectivity index (χ1n) is 5.75. The predicted octanol–water partition coefficient (Wildman–Crippen LogP) is 2.29. The van der Waals surface area contributed by atoms with Gasteiger partial charge in [0.15, 0.2) is 0 Å². The molecule has 17 heavy (non-hydrogen) atoms. The maximum absolute atomic E-state index is 12.0. The lowest BCUT2D eigenvalue weighted by atomic mass is 9.77. The van der Waals surface area contributed by atoms with Crippen LogP contribution in [0.1, 0.15) is 35.2 Å². The van der Waals surface area contributed by atoms with Crippen LogP contribution < -0.4 is 5.32 Å². The zero-order valence-electron chi connectivity index (χ0n) is 9.79. The molecule has 4 heteroatoms. The lowest BCUT2D eigenvalue weighted by molar-refractivity contribution is 0.0641. The Labute approximate surface area is 106 Å². The maximum atomic E-state index is 12.0. The number of amides is 1. The Morgan fingerprint density at radius 2 is 2.18 bits per heavy atom. The van der Waals surface area contributed by atoms with Crippen LogP contribution in [0.15, 0.2) is 18.2 Å². The Morgan fingerprint density at radius 3 is 2.65 bits per heavy atom. The minimum absolute atomic E-state index is 0.00170. The third kappa shape index (κ3) is 2.61. The molecule has 0 aliphatic heterocycles. The van der Waals surface area contributed by atoms with Gasteiger partial charge in [-0.25, -0.2) is 0 Å². The van der Waals surface area contributed by atoms with Crippen LogP contribution in [0, 0.1) is 6.92 Å². The van der Waals surface area contributed by atoms with Gasteiger partial charge in [0.05, 0.1) is 12.1 Å². The van der Waals surface area contributed by atoms with E-state index in [9.17, 15) is 9.90 Å². The highest BCUT2D eigenvalue weighted by molar-refractivity contribution is 6.31. The van der Waals surface area contributed by atoms with E-state index in [-0.39, 0.29) is 12.5 Å². The molecule has 2 N–H and O–H groups in total. The van der Waals surface area contributed by atoms with Gasteiger partial charge in [0.25, 0.3) is 5.91 Å². The maximum Gasteiger partial charge on any atom is 0.251 e. The Bertz CT molecular complexity index is 415. The van der Waals surface area contributed by atoms with Crippen molar-refractivity contribution in [3.8, 4) is 0 Å². The summed E-state index contributed by atoms with van der Waals surface area (Å²) in [5.74, 6) is -0.163. The van der Waals surface area contributed by atoms with Gasteiger partial charge in [-0.15, -0.1) is 0 Å². The molecule has 0 heterocycles. The molecule has 0 bridgehead atoms. The van der Waals surface area contributed by atoms with Gasteiger partial charge in [-0.3, -0.25) is 4.79 Å². The van der Waals surface area contributed by atoms with Crippen molar-refractivity contribution in [1.29, 1.82) is 0 Å². The lowest BCUT2D eigenvalue weighted by Crippen LogP contribution is -2.56. The number of nitrogens with one attached hydrogen (secondary N) is 1. The molecule has 0 unspecified atom stereocenters. The van der Waals surface area contributed by atoms with E-state index in [1.165, 1.54) is 0 Å².